The maximum Gasteiger partial charge on any atom is 0.231 e. The van der Waals surface area contributed by atoms with Crippen molar-refractivity contribution < 1.29 is 18.7 Å². The molecule has 0 bridgehead atoms. The first-order valence-corrected chi connectivity index (χ1v) is 8.80. The smallest absolute Gasteiger partial charge is 0.231 e. The fourth-order valence-electron chi connectivity index (χ4n) is 2.88. The van der Waals surface area contributed by atoms with E-state index in [0.29, 0.717) is 29.2 Å². The second-order valence-electron chi connectivity index (χ2n) is 6.38. The van der Waals surface area contributed by atoms with Gasteiger partial charge in [-0.2, -0.15) is 0 Å². The third-order valence-electron chi connectivity index (χ3n) is 4.43. The largest absolute Gasteiger partial charge is 0.489 e. The van der Waals surface area contributed by atoms with E-state index < -0.39 is 0 Å². The third kappa shape index (κ3) is 3.71. The van der Waals surface area contributed by atoms with Gasteiger partial charge in [-0.3, -0.25) is 4.79 Å². The molecule has 1 aliphatic heterocycles. The molecule has 1 aliphatic rings. The summed E-state index contributed by atoms with van der Waals surface area (Å²) in [6.45, 7) is 4.14. The Bertz CT molecular complexity index is 1060. The van der Waals surface area contributed by atoms with E-state index in [9.17, 15) is 9.18 Å². The summed E-state index contributed by atoms with van der Waals surface area (Å²) in [7, 11) is 0. The van der Waals surface area contributed by atoms with Crippen LogP contribution in [0.3, 0.4) is 0 Å². The Kier molecular flexibility index (Phi) is 4.77. The Morgan fingerprint density at radius 1 is 0.964 bits per heavy atom. The van der Waals surface area contributed by atoms with Gasteiger partial charge in [0.15, 0.2) is 5.76 Å². The average Bonchev–Trinajstić information content (AvgIpc) is 3.03. The van der Waals surface area contributed by atoms with Crippen molar-refractivity contribution in [3.63, 3.8) is 0 Å². The van der Waals surface area contributed by atoms with Gasteiger partial charge in [-0.15, -0.1) is 0 Å². The number of hydrogen-bond donors (Lipinski definition) is 0. The molecular formula is C24H17FO3. The number of benzene rings is 3. The van der Waals surface area contributed by atoms with Gasteiger partial charge in [0.2, 0.25) is 5.78 Å². The van der Waals surface area contributed by atoms with Crippen LogP contribution in [0.25, 0.3) is 12.2 Å². The highest BCUT2D eigenvalue weighted by molar-refractivity contribution is 6.14. The second kappa shape index (κ2) is 7.53. The zero-order valence-corrected chi connectivity index (χ0v) is 15.0. The minimum Gasteiger partial charge on any atom is -0.489 e. The number of ketones is 1. The molecule has 138 valence electrons. The third-order valence-corrected chi connectivity index (χ3v) is 4.43. The normalized spacial score (nSPS) is 13.9. The van der Waals surface area contributed by atoms with E-state index >= 15 is 0 Å². The van der Waals surface area contributed by atoms with Crippen molar-refractivity contribution in [2.75, 3.05) is 0 Å². The number of carbonyl (C=O) groups is 1. The molecule has 0 aromatic heterocycles. The molecule has 0 N–H and O–H groups in total. The molecule has 0 atom stereocenters. The van der Waals surface area contributed by atoms with Crippen LogP contribution in [0.1, 0.15) is 27.0 Å². The minimum absolute atomic E-state index is 0.203. The van der Waals surface area contributed by atoms with Crippen molar-refractivity contribution in [3.05, 3.63) is 107 Å². The summed E-state index contributed by atoms with van der Waals surface area (Å²) in [5, 5.41) is 0. The van der Waals surface area contributed by atoms with Gasteiger partial charge < -0.3 is 9.47 Å². The molecule has 0 spiro atoms. The summed E-state index contributed by atoms with van der Waals surface area (Å²) in [6.07, 6.45) is 3.39. The Morgan fingerprint density at radius 2 is 1.68 bits per heavy atom. The molecule has 0 saturated carbocycles. The standard InChI is InChI=1S/C24H17FO3/c1-2-16-3-5-18(6-4-16)15-27-20-11-12-21-22(14-20)28-23(24(21)26)13-17-7-9-19(25)10-8-17/h2-14H,1,15H2. The predicted molar refractivity (Wildman–Crippen MR) is 107 cm³/mol. The Hall–Kier alpha value is -3.66. The van der Waals surface area contributed by atoms with Crippen molar-refractivity contribution in [1.82, 2.24) is 0 Å². The lowest BCUT2D eigenvalue weighted by molar-refractivity contribution is 0.101. The van der Waals surface area contributed by atoms with Crippen LogP contribution < -0.4 is 9.47 Å². The average molecular weight is 372 g/mol. The Morgan fingerprint density at radius 3 is 2.39 bits per heavy atom. The fraction of sp³-hybridized carbons (Fsp3) is 0.0417. The zero-order chi connectivity index (χ0) is 19.5. The number of halogens is 1. The van der Waals surface area contributed by atoms with Crippen LogP contribution in [0.2, 0.25) is 0 Å². The molecule has 0 aliphatic carbocycles. The van der Waals surface area contributed by atoms with Gasteiger partial charge in [0.05, 0.1) is 5.56 Å². The summed E-state index contributed by atoms with van der Waals surface area (Å²) >= 11 is 0. The topological polar surface area (TPSA) is 35.5 Å². The van der Waals surface area contributed by atoms with E-state index in [-0.39, 0.29) is 17.4 Å². The molecule has 28 heavy (non-hydrogen) atoms. The van der Waals surface area contributed by atoms with Gasteiger partial charge in [0, 0.05) is 6.07 Å². The molecule has 0 unspecified atom stereocenters. The van der Waals surface area contributed by atoms with Gasteiger partial charge in [0.25, 0.3) is 0 Å². The van der Waals surface area contributed by atoms with Crippen LogP contribution >= 0.6 is 0 Å². The molecule has 0 radical (unpaired) electrons. The highest BCUT2D eigenvalue weighted by Crippen LogP contribution is 2.35. The molecule has 0 fully saturated rings. The van der Waals surface area contributed by atoms with Crippen molar-refractivity contribution in [2.45, 2.75) is 6.61 Å². The summed E-state index contributed by atoms with van der Waals surface area (Å²) in [5.74, 6) is 0.745. The van der Waals surface area contributed by atoms with E-state index in [1.807, 2.05) is 24.3 Å². The highest BCUT2D eigenvalue weighted by atomic mass is 19.1. The van der Waals surface area contributed by atoms with Crippen LogP contribution in [0.4, 0.5) is 4.39 Å². The molecule has 3 aromatic rings. The molecule has 3 nitrogen and oxygen atoms in total. The van der Waals surface area contributed by atoms with Crippen LogP contribution in [0, 0.1) is 5.82 Å². The van der Waals surface area contributed by atoms with Gasteiger partial charge >= 0.3 is 0 Å². The molecular weight excluding hydrogens is 355 g/mol. The number of hydrogen-bond acceptors (Lipinski definition) is 3. The van der Waals surface area contributed by atoms with Crippen molar-refractivity contribution in [3.8, 4) is 11.5 Å². The van der Waals surface area contributed by atoms with Crippen LogP contribution in [0.15, 0.2) is 79.1 Å². The highest BCUT2D eigenvalue weighted by Gasteiger charge is 2.27. The summed E-state index contributed by atoms with van der Waals surface area (Å²) < 4.78 is 24.5. The molecule has 0 amide bonds. The monoisotopic (exact) mass is 372 g/mol. The first kappa shape index (κ1) is 17.7. The molecule has 3 aromatic carbocycles. The number of fused-ring (bicyclic) bond motifs is 1. The number of allylic oxidation sites excluding steroid dienone is 1. The minimum atomic E-state index is -0.329. The van der Waals surface area contributed by atoms with Gasteiger partial charge in [-0.25, -0.2) is 4.39 Å². The molecule has 4 rings (SSSR count). The molecule has 1 heterocycles. The SMILES string of the molecule is C=Cc1ccc(COc2ccc3c(c2)OC(=Cc2ccc(F)cc2)C3=O)cc1. The van der Waals surface area contributed by atoms with Crippen molar-refractivity contribution >= 4 is 17.9 Å². The summed E-state index contributed by atoms with van der Waals surface area (Å²) in [5.41, 5.74) is 3.25. The van der Waals surface area contributed by atoms with E-state index in [4.69, 9.17) is 9.47 Å². The summed E-state index contributed by atoms with van der Waals surface area (Å²) in [6, 6.07) is 18.9. The van der Waals surface area contributed by atoms with Crippen LogP contribution in [-0.4, -0.2) is 5.78 Å². The maximum atomic E-state index is 13.0. The molecule has 4 heteroatoms. The second-order valence-corrected chi connectivity index (χ2v) is 6.38. The van der Waals surface area contributed by atoms with Crippen molar-refractivity contribution in [2.24, 2.45) is 0 Å². The lowest BCUT2D eigenvalue weighted by atomic mass is 10.1. The van der Waals surface area contributed by atoms with Gasteiger partial charge in [-0.05, 0) is 47.0 Å². The summed E-state index contributed by atoms with van der Waals surface area (Å²) in [4.78, 5) is 12.5. The fourth-order valence-corrected chi connectivity index (χ4v) is 2.88. The van der Waals surface area contributed by atoms with E-state index in [0.717, 1.165) is 11.1 Å². The first-order valence-electron chi connectivity index (χ1n) is 8.80. The lowest BCUT2D eigenvalue weighted by Crippen LogP contribution is -1.98. The predicted octanol–water partition coefficient (Wildman–Crippen LogP) is 5.66. The maximum absolute atomic E-state index is 13.0. The van der Waals surface area contributed by atoms with Gasteiger partial charge in [0.1, 0.15) is 23.9 Å². The molecule has 0 saturated heterocycles. The Labute approximate surface area is 162 Å². The Balaban J connectivity index is 1.48. The van der Waals surface area contributed by atoms with Crippen LogP contribution in [-0.2, 0) is 6.61 Å². The van der Waals surface area contributed by atoms with E-state index in [1.54, 1.807) is 42.5 Å². The number of ether oxygens (including phenoxy) is 2. The van der Waals surface area contributed by atoms with Gasteiger partial charge in [-0.1, -0.05) is 49.1 Å². The number of Topliss-reactive ketones (excluding diaryl/α,β-unsaturated/α-hetero) is 1. The first-order chi connectivity index (χ1) is 13.6. The lowest BCUT2D eigenvalue weighted by Gasteiger charge is -2.07. The van der Waals surface area contributed by atoms with Crippen molar-refractivity contribution in [1.29, 1.82) is 0 Å². The number of carbonyl (C=O) groups excluding carboxylic acids is 1. The zero-order valence-electron chi connectivity index (χ0n) is 15.0. The van der Waals surface area contributed by atoms with E-state index in [2.05, 4.69) is 6.58 Å². The number of rotatable bonds is 5. The van der Waals surface area contributed by atoms with Crippen LogP contribution in [0.5, 0.6) is 11.5 Å². The van der Waals surface area contributed by atoms with E-state index in [1.165, 1.54) is 12.1 Å². The quantitative estimate of drug-likeness (QED) is 0.542.